The van der Waals surface area contributed by atoms with E-state index >= 15 is 0 Å². The molecule has 1 fully saturated rings. The van der Waals surface area contributed by atoms with Crippen LogP contribution in [0.3, 0.4) is 0 Å². The minimum atomic E-state index is -4.04. The van der Waals surface area contributed by atoms with Crippen molar-refractivity contribution in [2.45, 2.75) is 38.4 Å². The topological polar surface area (TPSA) is 15.3 Å². The van der Waals surface area contributed by atoms with E-state index in [0.717, 1.165) is 26.1 Å². The third kappa shape index (κ3) is 4.84. The molecule has 1 atom stereocenters. The van der Waals surface area contributed by atoms with Gasteiger partial charge in [0.1, 0.15) is 0 Å². The highest BCUT2D eigenvalue weighted by Crippen LogP contribution is 2.26. The van der Waals surface area contributed by atoms with Gasteiger partial charge < -0.3 is 5.32 Å². The van der Waals surface area contributed by atoms with E-state index in [-0.39, 0.29) is 6.04 Å². The van der Waals surface area contributed by atoms with Gasteiger partial charge in [-0.15, -0.1) is 0 Å². The second-order valence-electron chi connectivity index (χ2n) is 4.05. The molecule has 1 N–H and O–H groups in total. The number of rotatable bonds is 3. The second-order valence-corrected chi connectivity index (χ2v) is 4.05. The van der Waals surface area contributed by atoms with E-state index in [1.807, 2.05) is 11.8 Å². The molecule has 0 aliphatic carbocycles. The summed E-state index contributed by atoms with van der Waals surface area (Å²) in [7, 11) is 0. The zero-order chi connectivity index (χ0) is 11.3. The largest absolute Gasteiger partial charge is 0.390 e. The van der Waals surface area contributed by atoms with Crippen LogP contribution < -0.4 is 5.32 Å². The monoisotopic (exact) mass is 224 g/mol. The third-order valence-electron chi connectivity index (χ3n) is 2.72. The van der Waals surface area contributed by atoms with E-state index in [1.54, 1.807) is 0 Å². The zero-order valence-corrected chi connectivity index (χ0v) is 9.11. The van der Waals surface area contributed by atoms with Gasteiger partial charge in [-0.3, -0.25) is 4.90 Å². The second kappa shape index (κ2) is 5.70. The van der Waals surface area contributed by atoms with Gasteiger partial charge in [0.05, 0.1) is 6.42 Å². The highest BCUT2D eigenvalue weighted by Gasteiger charge is 2.34. The van der Waals surface area contributed by atoms with Crippen molar-refractivity contribution in [2.24, 2.45) is 0 Å². The van der Waals surface area contributed by atoms with Crippen molar-refractivity contribution in [3.05, 3.63) is 0 Å². The van der Waals surface area contributed by atoms with Gasteiger partial charge in [-0.05, 0) is 25.9 Å². The highest BCUT2D eigenvalue weighted by molar-refractivity contribution is 4.79. The number of nitrogens with zero attached hydrogens (tertiary/aromatic N) is 1. The number of halogens is 3. The Kier molecular flexibility index (Phi) is 4.86. The number of alkyl halides is 3. The minimum Gasteiger partial charge on any atom is -0.315 e. The van der Waals surface area contributed by atoms with Gasteiger partial charge in [0.2, 0.25) is 0 Å². The Morgan fingerprint density at radius 2 is 2.07 bits per heavy atom. The lowest BCUT2D eigenvalue weighted by atomic mass is 10.1. The summed E-state index contributed by atoms with van der Waals surface area (Å²) in [6.45, 7) is 5.00. The Balaban J connectivity index is 2.53. The van der Waals surface area contributed by atoms with Gasteiger partial charge in [-0.25, -0.2) is 0 Å². The van der Waals surface area contributed by atoms with Crippen molar-refractivity contribution in [1.82, 2.24) is 10.2 Å². The van der Waals surface area contributed by atoms with Crippen molar-refractivity contribution in [2.75, 3.05) is 26.2 Å². The van der Waals surface area contributed by atoms with Crippen LogP contribution in [0.2, 0.25) is 0 Å². The summed E-state index contributed by atoms with van der Waals surface area (Å²) in [5, 5.41) is 3.14. The molecule has 1 rings (SSSR count). The quantitative estimate of drug-likeness (QED) is 0.789. The molecule has 2 nitrogen and oxygen atoms in total. The summed E-state index contributed by atoms with van der Waals surface area (Å²) in [6.07, 6.45) is -3.20. The Hall–Kier alpha value is -0.290. The van der Waals surface area contributed by atoms with Crippen LogP contribution in [0.5, 0.6) is 0 Å². The molecule has 0 bridgehead atoms. The van der Waals surface area contributed by atoms with Gasteiger partial charge >= 0.3 is 6.18 Å². The van der Waals surface area contributed by atoms with Crippen molar-refractivity contribution >= 4 is 0 Å². The van der Waals surface area contributed by atoms with Crippen LogP contribution in [-0.4, -0.2) is 43.3 Å². The molecule has 90 valence electrons. The molecular weight excluding hydrogens is 205 g/mol. The molecule has 1 aliphatic heterocycles. The molecule has 0 spiro atoms. The van der Waals surface area contributed by atoms with Gasteiger partial charge in [0, 0.05) is 19.1 Å². The molecule has 5 heteroatoms. The first kappa shape index (κ1) is 12.8. The smallest absolute Gasteiger partial charge is 0.315 e. The maximum Gasteiger partial charge on any atom is 0.390 e. The Bertz CT molecular complexity index is 182. The molecule has 1 saturated heterocycles. The predicted molar refractivity (Wildman–Crippen MR) is 53.8 cm³/mol. The van der Waals surface area contributed by atoms with E-state index in [2.05, 4.69) is 5.32 Å². The molecule has 0 radical (unpaired) electrons. The van der Waals surface area contributed by atoms with Crippen molar-refractivity contribution < 1.29 is 13.2 Å². The molecule has 0 saturated carbocycles. The lowest BCUT2D eigenvalue weighted by molar-refractivity contribution is -0.147. The van der Waals surface area contributed by atoms with E-state index < -0.39 is 12.6 Å². The van der Waals surface area contributed by atoms with E-state index in [9.17, 15) is 13.2 Å². The van der Waals surface area contributed by atoms with Crippen LogP contribution in [0.1, 0.15) is 26.2 Å². The molecule has 1 heterocycles. The molecule has 15 heavy (non-hydrogen) atoms. The Morgan fingerprint density at radius 3 is 2.67 bits per heavy atom. The summed E-state index contributed by atoms with van der Waals surface area (Å²) in [5.74, 6) is 0. The summed E-state index contributed by atoms with van der Waals surface area (Å²) in [5.41, 5.74) is 0. The van der Waals surface area contributed by atoms with Crippen molar-refractivity contribution in [3.63, 3.8) is 0 Å². The molecule has 0 amide bonds. The van der Waals surface area contributed by atoms with Gasteiger partial charge in [0.25, 0.3) is 0 Å². The molecular formula is C10H19F3N2. The van der Waals surface area contributed by atoms with Gasteiger partial charge in [-0.2, -0.15) is 13.2 Å². The number of nitrogens with one attached hydrogen (secondary N) is 1. The summed E-state index contributed by atoms with van der Waals surface area (Å²) in [4.78, 5) is 1.97. The van der Waals surface area contributed by atoms with Crippen LogP contribution in [0.15, 0.2) is 0 Å². The lowest BCUT2D eigenvalue weighted by Crippen LogP contribution is -2.39. The van der Waals surface area contributed by atoms with Crippen LogP contribution in [0.25, 0.3) is 0 Å². The highest BCUT2D eigenvalue weighted by atomic mass is 19.4. The first-order valence-electron chi connectivity index (χ1n) is 5.54. The van der Waals surface area contributed by atoms with Crippen molar-refractivity contribution in [3.8, 4) is 0 Å². The Labute approximate surface area is 88.8 Å². The lowest BCUT2D eigenvalue weighted by Gasteiger charge is -2.29. The van der Waals surface area contributed by atoms with E-state index in [4.69, 9.17) is 0 Å². The summed E-state index contributed by atoms with van der Waals surface area (Å²) in [6, 6.07) is -0.333. The molecule has 0 aromatic heterocycles. The van der Waals surface area contributed by atoms with Crippen LogP contribution >= 0.6 is 0 Å². The van der Waals surface area contributed by atoms with E-state index in [1.165, 1.54) is 0 Å². The number of hydrogen-bond acceptors (Lipinski definition) is 2. The maximum atomic E-state index is 12.3. The normalized spacial score (nSPS) is 25.2. The molecule has 1 aliphatic rings. The number of hydrogen-bond donors (Lipinski definition) is 1. The van der Waals surface area contributed by atoms with Crippen LogP contribution in [0, 0.1) is 0 Å². The summed E-state index contributed by atoms with van der Waals surface area (Å²) < 4.78 is 37.0. The van der Waals surface area contributed by atoms with E-state index in [0.29, 0.717) is 13.0 Å². The third-order valence-corrected chi connectivity index (χ3v) is 2.72. The fourth-order valence-electron chi connectivity index (χ4n) is 2.06. The van der Waals surface area contributed by atoms with Crippen molar-refractivity contribution in [1.29, 1.82) is 0 Å². The molecule has 0 aromatic rings. The summed E-state index contributed by atoms with van der Waals surface area (Å²) >= 11 is 0. The maximum absolute atomic E-state index is 12.3. The van der Waals surface area contributed by atoms with Gasteiger partial charge in [-0.1, -0.05) is 6.92 Å². The Morgan fingerprint density at radius 1 is 1.33 bits per heavy atom. The van der Waals surface area contributed by atoms with Crippen LogP contribution in [-0.2, 0) is 0 Å². The minimum absolute atomic E-state index is 0.333. The SMILES string of the molecule is CCCN1CCNCC[C@H]1CC(F)(F)F. The molecule has 0 aromatic carbocycles. The standard InChI is InChI=1S/C10H19F3N2/c1-2-6-15-7-5-14-4-3-9(15)8-10(11,12)13/h9,14H,2-8H2,1H3/t9-/m0/s1. The fourth-order valence-corrected chi connectivity index (χ4v) is 2.06. The van der Waals surface area contributed by atoms with Crippen LogP contribution in [0.4, 0.5) is 13.2 Å². The zero-order valence-electron chi connectivity index (χ0n) is 9.11. The van der Waals surface area contributed by atoms with Gasteiger partial charge in [0.15, 0.2) is 0 Å². The molecule has 0 unspecified atom stereocenters. The first-order valence-corrected chi connectivity index (χ1v) is 5.54. The average Bonchev–Trinajstić information content (AvgIpc) is 2.30. The first-order chi connectivity index (χ1) is 7.03. The average molecular weight is 224 g/mol. The fraction of sp³-hybridized carbons (Fsp3) is 1.00. The predicted octanol–water partition coefficient (Wildman–Crippen LogP) is 2.01.